The van der Waals surface area contributed by atoms with Crippen molar-refractivity contribution >= 4 is 5.69 Å². The molecule has 1 fully saturated rings. The van der Waals surface area contributed by atoms with E-state index < -0.39 is 11.6 Å². The largest absolute Gasteiger partial charge is 0.365 e. The van der Waals surface area contributed by atoms with Gasteiger partial charge in [0.2, 0.25) is 0 Å². The van der Waals surface area contributed by atoms with Gasteiger partial charge in [-0.3, -0.25) is 0 Å². The number of hydrogen-bond acceptors (Lipinski definition) is 2. The Balaban J connectivity index is 2.28. The number of anilines is 1. The number of hydrogen-bond donors (Lipinski definition) is 1. The first-order valence-electron chi connectivity index (χ1n) is 5.61. The molecule has 1 saturated heterocycles. The minimum atomic E-state index is -0.478. The fraction of sp³-hybridized carbons (Fsp3) is 0.500. The molecule has 1 atom stereocenters. The zero-order valence-electron chi connectivity index (χ0n) is 9.34. The number of para-hydroxylation sites is 1. The molecule has 1 aromatic rings. The van der Waals surface area contributed by atoms with Gasteiger partial charge >= 0.3 is 0 Å². The molecule has 4 heteroatoms. The van der Waals surface area contributed by atoms with Crippen LogP contribution >= 0.6 is 0 Å². The molecule has 1 heterocycles. The maximum absolute atomic E-state index is 13.6. The highest BCUT2D eigenvalue weighted by atomic mass is 19.1. The average Bonchev–Trinajstić information content (AvgIpc) is 2.43. The van der Waals surface area contributed by atoms with Crippen LogP contribution in [-0.2, 0) is 0 Å². The van der Waals surface area contributed by atoms with Crippen LogP contribution in [0.25, 0.3) is 0 Å². The highest BCUT2D eigenvalue weighted by Crippen LogP contribution is 2.24. The molecule has 0 spiro atoms. The van der Waals surface area contributed by atoms with E-state index in [2.05, 4.69) is 5.32 Å². The number of nitrogens with zero attached hydrogens (tertiary/aromatic N) is 1. The first kappa shape index (κ1) is 11.3. The highest BCUT2D eigenvalue weighted by Gasteiger charge is 2.20. The van der Waals surface area contributed by atoms with Crippen molar-refractivity contribution in [3.05, 3.63) is 29.8 Å². The van der Waals surface area contributed by atoms with Gasteiger partial charge in [0.25, 0.3) is 0 Å². The summed E-state index contributed by atoms with van der Waals surface area (Å²) in [6, 6.07) is 4.26. The predicted octanol–water partition coefficient (Wildman–Crippen LogP) is 2.15. The van der Waals surface area contributed by atoms with Crippen molar-refractivity contribution in [2.75, 3.05) is 24.5 Å². The lowest BCUT2D eigenvalue weighted by Gasteiger charge is -2.25. The zero-order chi connectivity index (χ0) is 11.5. The van der Waals surface area contributed by atoms with Gasteiger partial charge < -0.3 is 10.2 Å². The molecule has 16 heavy (non-hydrogen) atoms. The van der Waals surface area contributed by atoms with Gasteiger partial charge in [-0.05, 0) is 32.0 Å². The molecule has 88 valence electrons. The molecule has 0 bridgehead atoms. The Bertz CT molecular complexity index is 348. The number of rotatable bonds is 1. The molecule has 0 radical (unpaired) electrons. The van der Waals surface area contributed by atoms with Crippen molar-refractivity contribution in [2.24, 2.45) is 0 Å². The van der Waals surface area contributed by atoms with Crippen molar-refractivity contribution in [3.8, 4) is 0 Å². The van der Waals surface area contributed by atoms with E-state index in [9.17, 15) is 8.78 Å². The van der Waals surface area contributed by atoms with Gasteiger partial charge in [0.15, 0.2) is 0 Å². The lowest BCUT2D eigenvalue weighted by molar-refractivity contribution is 0.556. The molecule has 0 aromatic heterocycles. The molecule has 2 nitrogen and oxygen atoms in total. The van der Waals surface area contributed by atoms with E-state index in [4.69, 9.17) is 0 Å². The Morgan fingerprint density at radius 1 is 1.31 bits per heavy atom. The second kappa shape index (κ2) is 4.78. The van der Waals surface area contributed by atoms with Crippen LogP contribution in [0, 0.1) is 11.6 Å². The maximum Gasteiger partial charge on any atom is 0.149 e. The van der Waals surface area contributed by atoms with Gasteiger partial charge in [-0.1, -0.05) is 6.07 Å². The fourth-order valence-electron chi connectivity index (χ4n) is 2.10. The highest BCUT2D eigenvalue weighted by molar-refractivity contribution is 5.49. The first-order chi connectivity index (χ1) is 7.68. The molecule has 1 aromatic carbocycles. The van der Waals surface area contributed by atoms with Gasteiger partial charge in [0, 0.05) is 19.1 Å². The molecule has 0 amide bonds. The Morgan fingerprint density at radius 2 is 2.00 bits per heavy atom. The SMILES string of the molecule is CC1CN(c2c(F)cccc2F)CCCN1. The molecular formula is C12H16F2N2. The van der Waals surface area contributed by atoms with E-state index in [-0.39, 0.29) is 11.7 Å². The van der Waals surface area contributed by atoms with E-state index >= 15 is 0 Å². The lowest BCUT2D eigenvalue weighted by atomic mass is 10.2. The minimum Gasteiger partial charge on any atom is -0.365 e. The molecular weight excluding hydrogens is 210 g/mol. The summed E-state index contributed by atoms with van der Waals surface area (Å²) in [7, 11) is 0. The lowest BCUT2D eigenvalue weighted by Crippen LogP contribution is -2.36. The summed E-state index contributed by atoms with van der Waals surface area (Å²) >= 11 is 0. The normalized spacial score (nSPS) is 21.9. The van der Waals surface area contributed by atoms with E-state index in [0.717, 1.165) is 13.0 Å². The van der Waals surface area contributed by atoms with E-state index in [1.165, 1.54) is 18.2 Å². The van der Waals surface area contributed by atoms with Gasteiger partial charge in [-0.25, -0.2) is 8.78 Å². The third-order valence-electron chi connectivity index (χ3n) is 2.85. The molecule has 1 aliphatic heterocycles. The van der Waals surface area contributed by atoms with Crippen LogP contribution in [-0.4, -0.2) is 25.7 Å². The first-order valence-corrected chi connectivity index (χ1v) is 5.61. The van der Waals surface area contributed by atoms with Gasteiger partial charge in [0.1, 0.15) is 17.3 Å². The second-order valence-corrected chi connectivity index (χ2v) is 4.23. The summed E-state index contributed by atoms with van der Waals surface area (Å²) in [4.78, 5) is 1.79. The van der Waals surface area contributed by atoms with E-state index in [1.54, 1.807) is 4.90 Å². The monoisotopic (exact) mass is 226 g/mol. The van der Waals surface area contributed by atoms with Crippen LogP contribution in [0.4, 0.5) is 14.5 Å². The summed E-state index contributed by atoms with van der Waals surface area (Å²) in [6.45, 7) is 4.25. The van der Waals surface area contributed by atoms with Crippen molar-refractivity contribution in [1.29, 1.82) is 0 Å². The standard InChI is InChI=1S/C12H16F2N2/c1-9-8-16(7-3-6-15-9)12-10(13)4-2-5-11(12)14/h2,4-5,9,15H,3,6-8H2,1H3. The van der Waals surface area contributed by atoms with Crippen LogP contribution in [0.5, 0.6) is 0 Å². The van der Waals surface area contributed by atoms with E-state index in [0.29, 0.717) is 13.1 Å². The predicted molar refractivity (Wildman–Crippen MR) is 60.7 cm³/mol. The van der Waals surface area contributed by atoms with E-state index in [1.807, 2.05) is 6.92 Å². The molecule has 0 aliphatic carbocycles. The smallest absolute Gasteiger partial charge is 0.149 e. The van der Waals surface area contributed by atoms with Crippen LogP contribution in [0.1, 0.15) is 13.3 Å². The molecule has 1 aliphatic rings. The molecule has 0 saturated carbocycles. The van der Waals surface area contributed by atoms with Crippen molar-refractivity contribution in [2.45, 2.75) is 19.4 Å². The minimum absolute atomic E-state index is 0.109. The number of benzene rings is 1. The van der Waals surface area contributed by atoms with Crippen molar-refractivity contribution in [3.63, 3.8) is 0 Å². The molecule has 1 unspecified atom stereocenters. The Hall–Kier alpha value is -1.16. The summed E-state index contributed by atoms with van der Waals surface area (Å²) in [5, 5.41) is 3.30. The Morgan fingerprint density at radius 3 is 2.69 bits per heavy atom. The van der Waals surface area contributed by atoms with Crippen LogP contribution in [0.3, 0.4) is 0 Å². The topological polar surface area (TPSA) is 15.3 Å². The molecule has 2 rings (SSSR count). The van der Waals surface area contributed by atoms with Gasteiger partial charge in [0.05, 0.1) is 0 Å². The fourth-order valence-corrected chi connectivity index (χ4v) is 2.10. The average molecular weight is 226 g/mol. The Kier molecular flexibility index (Phi) is 3.39. The summed E-state index contributed by atoms with van der Waals surface area (Å²) in [5.74, 6) is -0.955. The van der Waals surface area contributed by atoms with Gasteiger partial charge in [-0.2, -0.15) is 0 Å². The van der Waals surface area contributed by atoms with Crippen LogP contribution in [0.15, 0.2) is 18.2 Å². The third kappa shape index (κ3) is 2.32. The Labute approximate surface area is 94.3 Å². The van der Waals surface area contributed by atoms with Crippen molar-refractivity contribution in [1.82, 2.24) is 5.32 Å². The third-order valence-corrected chi connectivity index (χ3v) is 2.85. The number of halogens is 2. The summed E-state index contributed by atoms with van der Waals surface area (Å²) in [5.41, 5.74) is 0.109. The quantitative estimate of drug-likeness (QED) is 0.789. The second-order valence-electron chi connectivity index (χ2n) is 4.23. The molecule has 1 N–H and O–H groups in total. The van der Waals surface area contributed by atoms with Crippen LogP contribution < -0.4 is 10.2 Å². The van der Waals surface area contributed by atoms with Gasteiger partial charge in [-0.15, -0.1) is 0 Å². The summed E-state index contributed by atoms with van der Waals surface area (Å²) in [6.07, 6.45) is 0.901. The summed E-state index contributed by atoms with van der Waals surface area (Å²) < 4.78 is 27.2. The zero-order valence-corrected chi connectivity index (χ0v) is 9.34. The number of nitrogens with one attached hydrogen (secondary N) is 1. The maximum atomic E-state index is 13.6. The van der Waals surface area contributed by atoms with Crippen LogP contribution in [0.2, 0.25) is 0 Å². The van der Waals surface area contributed by atoms with Crippen molar-refractivity contribution < 1.29 is 8.78 Å².